The second kappa shape index (κ2) is 8.54. The summed E-state index contributed by atoms with van der Waals surface area (Å²) in [5.74, 6) is 0.945. The molecule has 3 heteroatoms. The Morgan fingerprint density at radius 3 is 2.76 bits per heavy atom. The standard InChI is InChI=1S/C14H22BrNO/c1-3-4-5-8-16-9-10-17-13-6-7-14(15)12(2)11-13/h6-7,11,16H,3-5,8-10H2,1-2H3. The minimum absolute atomic E-state index is 0.729. The van der Waals surface area contributed by atoms with Gasteiger partial charge in [-0.1, -0.05) is 35.7 Å². The van der Waals surface area contributed by atoms with E-state index >= 15 is 0 Å². The van der Waals surface area contributed by atoms with Crippen molar-refractivity contribution >= 4 is 15.9 Å². The van der Waals surface area contributed by atoms with Crippen LogP contribution in [0.4, 0.5) is 0 Å². The number of rotatable bonds is 8. The van der Waals surface area contributed by atoms with Gasteiger partial charge in [0.15, 0.2) is 0 Å². The van der Waals surface area contributed by atoms with Gasteiger partial charge in [0.1, 0.15) is 12.4 Å². The first kappa shape index (κ1) is 14.5. The van der Waals surface area contributed by atoms with E-state index in [4.69, 9.17) is 4.74 Å². The van der Waals surface area contributed by atoms with E-state index in [1.165, 1.54) is 24.8 Å². The highest BCUT2D eigenvalue weighted by atomic mass is 79.9. The van der Waals surface area contributed by atoms with Gasteiger partial charge in [-0.05, 0) is 43.7 Å². The molecule has 0 radical (unpaired) electrons. The highest BCUT2D eigenvalue weighted by Gasteiger charge is 1.97. The average Bonchev–Trinajstić information content (AvgIpc) is 2.32. The Labute approximate surface area is 113 Å². The van der Waals surface area contributed by atoms with Crippen LogP contribution >= 0.6 is 15.9 Å². The van der Waals surface area contributed by atoms with Crippen LogP contribution in [0, 0.1) is 6.92 Å². The van der Waals surface area contributed by atoms with E-state index in [1.807, 2.05) is 12.1 Å². The second-order valence-electron chi connectivity index (χ2n) is 4.22. The fourth-order valence-corrected chi connectivity index (χ4v) is 1.82. The van der Waals surface area contributed by atoms with Crippen molar-refractivity contribution in [3.05, 3.63) is 28.2 Å². The molecule has 0 heterocycles. The van der Waals surface area contributed by atoms with Crippen LogP contribution in [-0.2, 0) is 0 Å². The van der Waals surface area contributed by atoms with Gasteiger partial charge in [-0.25, -0.2) is 0 Å². The van der Waals surface area contributed by atoms with Crippen molar-refractivity contribution in [2.45, 2.75) is 33.1 Å². The van der Waals surface area contributed by atoms with Gasteiger partial charge in [-0.2, -0.15) is 0 Å². The lowest BCUT2D eigenvalue weighted by Gasteiger charge is -2.08. The molecule has 1 aromatic rings. The van der Waals surface area contributed by atoms with Gasteiger partial charge in [0.2, 0.25) is 0 Å². The van der Waals surface area contributed by atoms with Crippen LogP contribution in [-0.4, -0.2) is 19.7 Å². The number of unbranched alkanes of at least 4 members (excludes halogenated alkanes) is 2. The van der Waals surface area contributed by atoms with Gasteiger partial charge in [0, 0.05) is 11.0 Å². The Balaban J connectivity index is 2.11. The van der Waals surface area contributed by atoms with Crippen molar-refractivity contribution in [2.75, 3.05) is 19.7 Å². The monoisotopic (exact) mass is 299 g/mol. The van der Waals surface area contributed by atoms with Crippen molar-refractivity contribution in [3.8, 4) is 5.75 Å². The lowest BCUT2D eigenvalue weighted by Crippen LogP contribution is -2.22. The third-order valence-electron chi connectivity index (χ3n) is 2.63. The van der Waals surface area contributed by atoms with E-state index in [2.05, 4.69) is 41.2 Å². The molecule has 2 nitrogen and oxygen atoms in total. The summed E-state index contributed by atoms with van der Waals surface area (Å²) in [5, 5.41) is 3.38. The number of ether oxygens (including phenoxy) is 1. The lowest BCUT2D eigenvalue weighted by atomic mass is 10.2. The lowest BCUT2D eigenvalue weighted by molar-refractivity contribution is 0.313. The molecule has 0 fully saturated rings. The van der Waals surface area contributed by atoms with Crippen LogP contribution < -0.4 is 10.1 Å². The SMILES string of the molecule is CCCCCNCCOc1ccc(Br)c(C)c1. The van der Waals surface area contributed by atoms with E-state index in [0.29, 0.717) is 0 Å². The van der Waals surface area contributed by atoms with Gasteiger partial charge < -0.3 is 10.1 Å². The summed E-state index contributed by atoms with van der Waals surface area (Å²) in [6, 6.07) is 6.08. The maximum Gasteiger partial charge on any atom is 0.119 e. The zero-order valence-corrected chi connectivity index (χ0v) is 12.3. The molecular formula is C14H22BrNO. The van der Waals surface area contributed by atoms with Gasteiger partial charge in [-0.3, -0.25) is 0 Å². The number of halogens is 1. The molecule has 0 saturated carbocycles. The summed E-state index contributed by atoms with van der Waals surface area (Å²) >= 11 is 3.48. The summed E-state index contributed by atoms with van der Waals surface area (Å²) in [7, 11) is 0. The zero-order valence-electron chi connectivity index (χ0n) is 10.8. The first-order valence-electron chi connectivity index (χ1n) is 6.33. The summed E-state index contributed by atoms with van der Waals surface area (Å²) in [6.07, 6.45) is 3.84. The molecule has 0 spiro atoms. The number of aryl methyl sites for hydroxylation is 1. The molecule has 0 atom stereocenters. The van der Waals surface area contributed by atoms with Crippen LogP contribution in [0.5, 0.6) is 5.75 Å². The average molecular weight is 300 g/mol. The molecule has 0 bridgehead atoms. The quantitative estimate of drug-likeness (QED) is 0.735. The first-order chi connectivity index (χ1) is 8.24. The molecule has 0 saturated heterocycles. The fourth-order valence-electron chi connectivity index (χ4n) is 1.57. The van der Waals surface area contributed by atoms with Crippen molar-refractivity contribution < 1.29 is 4.74 Å². The van der Waals surface area contributed by atoms with E-state index in [-0.39, 0.29) is 0 Å². The van der Waals surface area contributed by atoms with Crippen LogP contribution in [0.15, 0.2) is 22.7 Å². The number of nitrogens with one attached hydrogen (secondary N) is 1. The van der Waals surface area contributed by atoms with Crippen LogP contribution in [0.3, 0.4) is 0 Å². The van der Waals surface area contributed by atoms with Gasteiger partial charge >= 0.3 is 0 Å². The van der Waals surface area contributed by atoms with Crippen LogP contribution in [0.1, 0.15) is 31.7 Å². The van der Waals surface area contributed by atoms with Crippen LogP contribution in [0.2, 0.25) is 0 Å². The third-order valence-corrected chi connectivity index (χ3v) is 3.52. The molecule has 0 unspecified atom stereocenters. The van der Waals surface area contributed by atoms with Crippen molar-refractivity contribution in [1.29, 1.82) is 0 Å². The minimum Gasteiger partial charge on any atom is -0.492 e. The summed E-state index contributed by atoms with van der Waals surface area (Å²) in [6.45, 7) is 7.03. The molecule has 0 amide bonds. The Bertz CT molecular complexity index is 328. The molecule has 0 aliphatic carbocycles. The Kier molecular flexibility index (Phi) is 7.29. The molecule has 0 aliphatic rings. The molecular weight excluding hydrogens is 278 g/mol. The molecule has 0 aromatic heterocycles. The predicted octanol–water partition coefficient (Wildman–Crippen LogP) is 3.92. The highest BCUT2D eigenvalue weighted by Crippen LogP contribution is 2.21. The summed E-state index contributed by atoms with van der Waals surface area (Å²) < 4.78 is 6.79. The van der Waals surface area contributed by atoms with Gasteiger partial charge in [-0.15, -0.1) is 0 Å². The van der Waals surface area contributed by atoms with E-state index in [1.54, 1.807) is 0 Å². The molecule has 17 heavy (non-hydrogen) atoms. The molecule has 1 N–H and O–H groups in total. The van der Waals surface area contributed by atoms with Crippen molar-refractivity contribution in [2.24, 2.45) is 0 Å². The number of hydrogen-bond donors (Lipinski definition) is 1. The molecule has 1 rings (SSSR count). The third kappa shape index (κ3) is 6.08. The smallest absolute Gasteiger partial charge is 0.119 e. The largest absolute Gasteiger partial charge is 0.492 e. The highest BCUT2D eigenvalue weighted by molar-refractivity contribution is 9.10. The summed E-state index contributed by atoms with van der Waals surface area (Å²) in [5.41, 5.74) is 1.21. The molecule has 1 aromatic carbocycles. The normalized spacial score (nSPS) is 10.5. The van der Waals surface area contributed by atoms with E-state index < -0.39 is 0 Å². The Hall–Kier alpha value is -0.540. The predicted molar refractivity (Wildman–Crippen MR) is 76.8 cm³/mol. The van der Waals surface area contributed by atoms with Crippen molar-refractivity contribution in [3.63, 3.8) is 0 Å². The van der Waals surface area contributed by atoms with Crippen LogP contribution in [0.25, 0.3) is 0 Å². The minimum atomic E-state index is 0.729. The first-order valence-corrected chi connectivity index (χ1v) is 7.13. The molecule has 0 aliphatic heterocycles. The topological polar surface area (TPSA) is 21.3 Å². The van der Waals surface area contributed by atoms with E-state index in [0.717, 1.165) is 29.9 Å². The number of benzene rings is 1. The Morgan fingerprint density at radius 2 is 2.06 bits per heavy atom. The molecule has 96 valence electrons. The Morgan fingerprint density at radius 1 is 1.24 bits per heavy atom. The van der Waals surface area contributed by atoms with Crippen molar-refractivity contribution in [1.82, 2.24) is 5.32 Å². The maximum absolute atomic E-state index is 5.67. The number of hydrogen-bond acceptors (Lipinski definition) is 2. The fraction of sp³-hybridized carbons (Fsp3) is 0.571. The maximum atomic E-state index is 5.67. The van der Waals surface area contributed by atoms with Gasteiger partial charge in [0.05, 0.1) is 0 Å². The second-order valence-corrected chi connectivity index (χ2v) is 5.07. The van der Waals surface area contributed by atoms with Gasteiger partial charge in [0.25, 0.3) is 0 Å². The van der Waals surface area contributed by atoms with E-state index in [9.17, 15) is 0 Å². The summed E-state index contributed by atoms with van der Waals surface area (Å²) in [4.78, 5) is 0. The zero-order chi connectivity index (χ0) is 12.5.